The van der Waals surface area contributed by atoms with Gasteiger partial charge in [0.15, 0.2) is 7.14 Å². The van der Waals surface area contributed by atoms with Crippen molar-refractivity contribution in [3.05, 3.63) is 170 Å². The highest BCUT2D eigenvalue weighted by atomic mass is 31.2. The summed E-state index contributed by atoms with van der Waals surface area (Å²) in [7, 11) is -0.204. The topological polar surface area (TPSA) is 35.5 Å². The van der Waals surface area contributed by atoms with E-state index in [1.165, 1.54) is 15.9 Å². The monoisotopic (exact) mass is 600 g/mol. The fourth-order valence-electron chi connectivity index (χ4n) is 4.99. The Hall–Kier alpha value is -4.42. The minimum absolute atomic E-state index is 0.598. The van der Waals surface area contributed by atoms with E-state index in [2.05, 4.69) is 72.8 Å². The molecule has 0 radical (unpaired) electrons. The van der Waals surface area contributed by atoms with Crippen molar-refractivity contribution in [2.45, 2.75) is 0 Å². The Labute approximate surface area is 255 Å². The second-order valence-electron chi connectivity index (χ2n) is 9.63. The van der Waals surface area contributed by atoms with Crippen molar-refractivity contribution in [1.29, 1.82) is 0 Å². The van der Waals surface area contributed by atoms with Gasteiger partial charge in [-0.25, -0.2) is 0 Å². The van der Waals surface area contributed by atoms with Gasteiger partial charge in [-0.05, 0) is 36.7 Å². The third kappa shape index (κ3) is 6.81. The molecule has 6 aromatic rings. The van der Waals surface area contributed by atoms with Crippen LogP contribution in [0.5, 0.6) is 11.5 Å². The molecule has 214 valence electrons. The number of benzene rings is 6. The smallest absolute Gasteiger partial charge is 0.174 e. The maximum atomic E-state index is 14.1. The molecule has 0 bridgehead atoms. The van der Waals surface area contributed by atoms with Crippen LogP contribution >= 0.6 is 15.1 Å². The predicted octanol–water partition coefficient (Wildman–Crippen LogP) is 6.79. The van der Waals surface area contributed by atoms with Crippen LogP contribution in [0.2, 0.25) is 0 Å². The zero-order chi connectivity index (χ0) is 29.9. The number of ether oxygens (including phenoxy) is 2. The van der Waals surface area contributed by atoms with Gasteiger partial charge in [0.2, 0.25) is 0 Å². The standard InChI is InChI=1S/C19H17O2P.C19H17OP/c1-21-18-14-8-9-15-19(18)22(20,16-10-4-2-5-11-16)17-12-6-3-7-13-17;1-20-18-14-8-9-15-19(18)21(16-10-4-2-5-11-16)17-12-6-3-7-13-17/h2-15H,1H3;2-15H,1H3. The Kier molecular flexibility index (Phi) is 10.2. The van der Waals surface area contributed by atoms with E-state index in [1.807, 2.05) is 97.1 Å². The maximum Gasteiger partial charge on any atom is 0.174 e. The molecule has 0 aromatic heterocycles. The van der Waals surface area contributed by atoms with Crippen molar-refractivity contribution < 1.29 is 14.0 Å². The van der Waals surface area contributed by atoms with Gasteiger partial charge in [0.05, 0.1) is 19.5 Å². The molecular formula is C38H34O3P2. The highest BCUT2D eigenvalue weighted by molar-refractivity contribution is 7.85. The quantitative estimate of drug-likeness (QED) is 0.181. The lowest BCUT2D eigenvalue weighted by Crippen LogP contribution is -2.25. The highest BCUT2D eigenvalue weighted by Gasteiger charge is 2.32. The summed E-state index contributed by atoms with van der Waals surface area (Å²) in [5.74, 6) is 1.61. The predicted molar refractivity (Wildman–Crippen MR) is 184 cm³/mol. The van der Waals surface area contributed by atoms with Gasteiger partial charge >= 0.3 is 0 Å². The summed E-state index contributed by atoms with van der Waals surface area (Å²) in [6.07, 6.45) is 0. The van der Waals surface area contributed by atoms with Crippen LogP contribution in [0.25, 0.3) is 0 Å². The lowest BCUT2D eigenvalue weighted by atomic mass is 10.3. The molecule has 0 saturated heterocycles. The molecule has 0 fully saturated rings. The normalized spacial score (nSPS) is 10.9. The average molecular weight is 601 g/mol. The molecule has 0 heterocycles. The Bertz CT molecular complexity index is 1680. The molecule has 5 heteroatoms. The maximum absolute atomic E-state index is 14.1. The van der Waals surface area contributed by atoms with E-state index in [-0.39, 0.29) is 0 Å². The molecular weight excluding hydrogens is 566 g/mol. The van der Waals surface area contributed by atoms with Gasteiger partial charge in [0.25, 0.3) is 0 Å². The Morgan fingerprint density at radius 1 is 0.442 bits per heavy atom. The van der Waals surface area contributed by atoms with Crippen molar-refractivity contribution >= 4 is 46.9 Å². The first-order chi connectivity index (χ1) is 21.2. The SMILES string of the molecule is COc1ccccc1P(=O)(c1ccccc1)c1ccccc1.COc1ccccc1P(c1ccccc1)c1ccccc1. The Morgan fingerprint density at radius 3 is 1.28 bits per heavy atom. The van der Waals surface area contributed by atoms with Gasteiger partial charge in [-0.1, -0.05) is 152 Å². The fourth-order valence-corrected chi connectivity index (χ4v) is 10.2. The number of para-hydroxylation sites is 2. The van der Waals surface area contributed by atoms with Crippen LogP contribution in [0.3, 0.4) is 0 Å². The van der Waals surface area contributed by atoms with Crippen molar-refractivity contribution in [2.24, 2.45) is 0 Å². The third-order valence-corrected chi connectivity index (χ3v) is 12.6. The van der Waals surface area contributed by atoms with Crippen molar-refractivity contribution in [2.75, 3.05) is 14.2 Å². The highest BCUT2D eigenvalue weighted by Crippen LogP contribution is 2.44. The summed E-state index contributed by atoms with van der Waals surface area (Å²) < 4.78 is 25.2. The van der Waals surface area contributed by atoms with E-state index in [1.54, 1.807) is 14.2 Å². The van der Waals surface area contributed by atoms with E-state index in [0.717, 1.165) is 21.7 Å². The molecule has 0 atom stereocenters. The van der Waals surface area contributed by atoms with Gasteiger partial charge in [0.1, 0.15) is 11.5 Å². The summed E-state index contributed by atoms with van der Waals surface area (Å²) in [4.78, 5) is 0. The van der Waals surface area contributed by atoms with Gasteiger partial charge < -0.3 is 14.0 Å². The number of methoxy groups -OCH3 is 2. The lowest BCUT2D eigenvalue weighted by molar-refractivity contribution is 0.418. The number of hydrogen-bond donors (Lipinski definition) is 0. The van der Waals surface area contributed by atoms with Crippen LogP contribution in [-0.2, 0) is 4.57 Å². The molecule has 0 spiro atoms. The fraction of sp³-hybridized carbons (Fsp3) is 0.0526. The van der Waals surface area contributed by atoms with Gasteiger partial charge in [0, 0.05) is 15.9 Å². The second kappa shape index (κ2) is 14.7. The van der Waals surface area contributed by atoms with Crippen molar-refractivity contribution in [3.63, 3.8) is 0 Å². The lowest BCUT2D eigenvalue weighted by Gasteiger charge is -2.21. The third-order valence-electron chi connectivity index (χ3n) is 7.02. The Balaban J connectivity index is 0.000000171. The van der Waals surface area contributed by atoms with E-state index < -0.39 is 15.1 Å². The summed E-state index contributed by atoms with van der Waals surface area (Å²) >= 11 is 0. The van der Waals surface area contributed by atoms with Crippen LogP contribution in [-0.4, -0.2) is 14.2 Å². The van der Waals surface area contributed by atoms with Crippen molar-refractivity contribution in [3.8, 4) is 11.5 Å². The first-order valence-electron chi connectivity index (χ1n) is 14.0. The average Bonchev–Trinajstić information content (AvgIpc) is 3.10. The summed E-state index contributed by atoms with van der Waals surface area (Å²) in [6, 6.07) is 56.4. The van der Waals surface area contributed by atoms with E-state index in [9.17, 15) is 4.57 Å². The van der Waals surface area contributed by atoms with Gasteiger partial charge in [-0.2, -0.15) is 0 Å². The molecule has 0 saturated carbocycles. The molecule has 0 N–H and O–H groups in total. The van der Waals surface area contributed by atoms with E-state index >= 15 is 0 Å². The summed E-state index contributed by atoms with van der Waals surface area (Å²) in [5.41, 5.74) is 0. The van der Waals surface area contributed by atoms with Crippen LogP contribution in [0.4, 0.5) is 0 Å². The molecule has 43 heavy (non-hydrogen) atoms. The van der Waals surface area contributed by atoms with E-state index in [0.29, 0.717) is 5.75 Å². The van der Waals surface area contributed by atoms with Crippen molar-refractivity contribution in [1.82, 2.24) is 0 Å². The zero-order valence-electron chi connectivity index (χ0n) is 24.3. The molecule has 6 rings (SSSR count). The first-order valence-corrected chi connectivity index (χ1v) is 17.1. The molecule has 0 aliphatic heterocycles. The second-order valence-corrected chi connectivity index (χ2v) is 14.5. The first kappa shape index (κ1) is 30.1. The zero-order valence-corrected chi connectivity index (χ0v) is 26.1. The van der Waals surface area contributed by atoms with Crippen LogP contribution < -0.4 is 41.3 Å². The molecule has 3 nitrogen and oxygen atoms in total. The minimum Gasteiger partial charge on any atom is -0.496 e. The van der Waals surface area contributed by atoms with Gasteiger partial charge in [-0.15, -0.1) is 0 Å². The largest absolute Gasteiger partial charge is 0.496 e. The molecule has 6 aromatic carbocycles. The molecule has 0 aliphatic rings. The van der Waals surface area contributed by atoms with Crippen LogP contribution in [0.1, 0.15) is 0 Å². The Morgan fingerprint density at radius 2 is 0.814 bits per heavy atom. The minimum atomic E-state index is -2.96. The number of hydrogen-bond acceptors (Lipinski definition) is 3. The van der Waals surface area contributed by atoms with E-state index in [4.69, 9.17) is 9.47 Å². The number of rotatable bonds is 8. The summed E-state index contributed by atoms with van der Waals surface area (Å²) in [6.45, 7) is 0. The van der Waals surface area contributed by atoms with Crippen LogP contribution in [0, 0.1) is 0 Å². The molecule has 0 amide bonds. The van der Waals surface area contributed by atoms with Gasteiger partial charge in [-0.3, -0.25) is 0 Å². The molecule has 0 aliphatic carbocycles. The summed E-state index contributed by atoms with van der Waals surface area (Å²) in [5, 5.41) is 6.28. The van der Waals surface area contributed by atoms with Crippen LogP contribution in [0.15, 0.2) is 170 Å². The molecule has 0 unspecified atom stereocenters.